The SMILES string of the molecule is CCOCCOCc1cc(C(C)NC)ccc1OCC. The van der Waals surface area contributed by atoms with Crippen molar-refractivity contribution in [1.82, 2.24) is 5.32 Å². The van der Waals surface area contributed by atoms with Crippen molar-refractivity contribution in [3.63, 3.8) is 0 Å². The summed E-state index contributed by atoms with van der Waals surface area (Å²) in [5.74, 6) is 0.899. The fourth-order valence-electron chi connectivity index (χ4n) is 1.89. The first-order valence-electron chi connectivity index (χ1n) is 7.31. The molecule has 1 aromatic carbocycles. The predicted molar refractivity (Wildman–Crippen MR) is 81.2 cm³/mol. The third-order valence-corrected chi connectivity index (χ3v) is 3.15. The van der Waals surface area contributed by atoms with Gasteiger partial charge in [-0.15, -0.1) is 0 Å². The summed E-state index contributed by atoms with van der Waals surface area (Å²) in [5, 5.41) is 3.24. The molecular weight excluding hydrogens is 254 g/mol. The fraction of sp³-hybridized carbons (Fsp3) is 0.625. The topological polar surface area (TPSA) is 39.7 Å². The molecule has 20 heavy (non-hydrogen) atoms. The van der Waals surface area contributed by atoms with E-state index in [1.165, 1.54) is 5.56 Å². The molecule has 0 saturated carbocycles. The average molecular weight is 281 g/mol. The summed E-state index contributed by atoms with van der Waals surface area (Å²) in [6.45, 7) is 9.27. The van der Waals surface area contributed by atoms with Crippen LogP contribution in [0, 0.1) is 0 Å². The minimum atomic E-state index is 0.313. The average Bonchev–Trinajstić information content (AvgIpc) is 2.48. The van der Waals surface area contributed by atoms with Gasteiger partial charge in [0.1, 0.15) is 5.75 Å². The van der Waals surface area contributed by atoms with E-state index in [1.807, 2.05) is 27.0 Å². The molecule has 1 rings (SSSR count). The molecule has 0 fully saturated rings. The first kappa shape index (κ1) is 17.0. The second kappa shape index (κ2) is 9.75. The molecule has 0 spiro atoms. The summed E-state index contributed by atoms with van der Waals surface area (Å²) >= 11 is 0. The summed E-state index contributed by atoms with van der Waals surface area (Å²) in [7, 11) is 1.96. The van der Waals surface area contributed by atoms with Gasteiger partial charge in [0.05, 0.1) is 26.4 Å². The lowest BCUT2D eigenvalue weighted by Gasteiger charge is -2.16. The summed E-state index contributed by atoms with van der Waals surface area (Å²) in [6.07, 6.45) is 0. The van der Waals surface area contributed by atoms with Gasteiger partial charge in [0.15, 0.2) is 0 Å². The van der Waals surface area contributed by atoms with Crippen molar-refractivity contribution in [2.45, 2.75) is 33.4 Å². The van der Waals surface area contributed by atoms with E-state index < -0.39 is 0 Å². The van der Waals surface area contributed by atoms with Crippen molar-refractivity contribution in [3.05, 3.63) is 29.3 Å². The van der Waals surface area contributed by atoms with Crippen LogP contribution in [-0.2, 0) is 16.1 Å². The van der Waals surface area contributed by atoms with E-state index in [0.717, 1.165) is 17.9 Å². The maximum Gasteiger partial charge on any atom is 0.124 e. The van der Waals surface area contributed by atoms with Crippen LogP contribution >= 0.6 is 0 Å². The highest BCUT2D eigenvalue weighted by atomic mass is 16.5. The molecule has 0 aliphatic heterocycles. The molecule has 0 aromatic heterocycles. The zero-order valence-electron chi connectivity index (χ0n) is 13.1. The van der Waals surface area contributed by atoms with Crippen LogP contribution in [0.5, 0.6) is 5.75 Å². The van der Waals surface area contributed by atoms with Gasteiger partial charge in [-0.2, -0.15) is 0 Å². The Hall–Kier alpha value is -1.10. The van der Waals surface area contributed by atoms with E-state index in [1.54, 1.807) is 0 Å². The van der Waals surface area contributed by atoms with Gasteiger partial charge in [-0.25, -0.2) is 0 Å². The fourth-order valence-corrected chi connectivity index (χ4v) is 1.89. The van der Waals surface area contributed by atoms with Crippen LogP contribution in [0.1, 0.15) is 37.9 Å². The van der Waals surface area contributed by atoms with Gasteiger partial charge in [-0.05, 0) is 45.5 Å². The minimum absolute atomic E-state index is 0.313. The molecule has 0 aliphatic carbocycles. The van der Waals surface area contributed by atoms with Crippen LogP contribution in [0.25, 0.3) is 0 Å². The highest BCUT2D eigenvalue weighted by Gasteiger charge is 2.09. The normalized spacial score (nSPS) is 12.4. The van der Waals surface area contributed by atoms with Crippen LogP contribution in [0.15, 0.2) is 18.2 Å². The van der Waals surface area contributed by atoms with Crippen molar-refractivity contribution < 1.29 is 14.2 Å². The maximum absolute atomic E-state index is 5.65. The van der Waals surface area contributed by atoms with E-state index in [-0.39, 0.29) is 0 Å². The molecule has 4 nitrogen and oxygen atoms in total. The monoisotopic (exact) mass is 281 g/mol. The zero-order valence-corrected chi connectivity index (χ0v) is 13.1. The largest absolute Gasteiger partial charge is 0.494 e. The van der Waals surface area contributed by atoms with E-state index in [0.29, 0.717) is 32.5 Å². The molecule has 0 bridgehead atoms. The van der Waals surface area contributed by atoms with Crippen molar-refractivity contribution in [3.8, 4) is 5.75 Å². The summed E-state index contributed by atoms with van der Waals surface area (Å²) in [6, 6.07) is 6.57. The molecule has 0 heterocycles. The van der Waals surface area contributed by atoms with Gasteiger partial charge in [0.25, 0.3) is 0 Å². The Balaban J connectivity index is 2.67. The third-order valence-electron chi connectivity index (χ3n) is 3.15. The molecule has 0 aliphatic rings. The van der Waals surface area contributed by atoms with E-state index in [2.05, 4.69) is 24.4 Å². The standard InChI is InChI=1S/C16H27NO3/c1-5-18-9-10-19-12-15-11-14(13(3)17-4)7-8-16(15)20-6-2/h7-8,11,13,17H,5-6,9-10,12H2,1-4H3. The van der Waals surface area contributed by atoms with Crippen molar-refractivity contribution in [1.29, 1.82) is 0 Å². The van der Waals surface area contributed by atoms with E-state index >= 15 is 0 Å². The number of benzene rings is 1. The van der Waals surface area contributed by atoms with Crippen LogP contribution < -0.4 is 10.1 Å². The number of rotatable bonds is 10. The van der Waals surface area contributed by atoms with Crippen LogP contribution in [0.3, 0.4) is 0 Å². The number of nitrogens with one attached hydrogen (secondary N) is 1. The van der Waals surface area contributed by atoms with Gasteiger partial charge in [-0.3, -0.25) is 0 Å². The summed E-state index contributed by atoms with van der Waals surface area (Å²) < 4.78 is 16.6. The predicted octanol–water partition coefficient (Wildman–Crippen LogP) is 2.92. The molecular formula is C16H27NO3. The Bertz CT molecular complexity index is 382. The molecule has 1 aromatic rings. The van der Waals surface area contributed by atoms with Gasteiger partial charge >= 0.3 is 0 Å². The highest BCUT2D eigenvalue weighted by molar-refractivity contribution is 5.38. The lowest BCUT2D eigenvalue weighted by molar-refractivity contribution is 0.0444. The molecule has 1 N–H and O–H groups in total. The van der Waals surface area contributed by atoms with Crippen LogP contribution in [0.2, 0.25) is 0 Å². The van der Waals surface area contributed by atoms with Crippen LogP contribution in [-0.4, -0.2) is 33.5 Å². The van der Waals surface area contributed by atoms with Gasteiger partial charge in [0, 0.05) is 18.2 Å². The van der Waals surface area contributed by atoms with Gasteiger partial charge in [-0.1, -0.05) is 6.07 Å². The minimum Gasteiger partial charge on any atom is -0.494 e. The Morgan fingerprint density at radius 2 is 1.85 bits per heavy atom. The summed E-state index contributed by atoms with van der Waals surface area (Å²) in [4.78, 5) is 0. The lowest BCUT2D eigenvalue weighted by Crippen LogP contribution is -2.13. The van der Waals surface area contributed by atoms with Gasteiger partial charge < -0.3 is 19.5 Å². The first-order chi connectivity index (χ1) is 9.72. The Kier molecular flexibility index (Phi) is 8.26. The van der Waals surface area contributed by atoms with Gasteiger partial charge in [0.2, 0.25) is 0 Å². The second-order valence-corrected chi connectivity index (χ2v) is 4.56. The number of hydrogen-bond acceptors (Lipinski definition) is 4. The van der Waals surface area contributed by atoms with Crippen LogP contribution in [0.4, 0.5) is 0 Å². The smallest absolute Gasteiger partial charge is 0.124 e. The summed E-state index contributed by atoms with van der Waals surface area (Å²) in [5.41, 5.74) is 2.32. The molecule has 1 atom stereocenters. The molecule has 0 amide bonds. The van der Waals surface area contributed by atoms with Crippen molar-refractivity contribution in [2.24, 2.45) is 0 Å². The molecule has 114 valence electrons. The van der Waals surface area contributed by atoms with Crippen molar-refractivity contribution >= 4 is 0 Å². The molecule has 1 unspecified atom stereocenters. The highest BCUT2D eigenvalue weighted by Crippen LogP contribution is 2.24. The maximum atomic E-state index is 5.65. The number of hydrogen-bond donors (Lipinski definition) is 1. The third kappa shape index (κ3) is 5.49. The zero-order chi connectivity index (χ0) is 14.8. The second-order valence-electron chi connectivity index (χ2n) is 4.56. The Morgan fingerprint density at radius 1 is 1.10 bits per heavy atom. The molecule has 0 radical (unpaired) electrons. The Labute approximate surface area is 122 Å². The quantitative estimate of drug-likeness (QED) is 0.669. The lowest BCUT2D eigenvalue weighted by atomic mass is 10.0. The first-order valence-corrected chi connectivity index (χ1v) is 7.31. The Morgan fingerprint density at radius 3 is 2.50 bits per heavy atom. The molecule has 4 heteroatoms. The van der Waals surface area contributed by atoms with Crippen molar-refractivity contribution in [2.75, 3.05) is 33.5 Å². The molecule has 0 saturated heterocycles. The van der Waals surface area contributed by atoms with E-state index in [4.69, 9.17) is 14.2 Å². The van der Waals surface area contributed by atoms with E-state index in [9.17, 15) is 0 Å². The number of ether oxygens (including phenoxy) is 3.